The normalized spacial score (nSPS) is 20.9. The molecule has 0 spiro atoms. The van der Waals surface area contributed by atoms with Crippen molar-refractivity contribution in [2.24, 2.45) is 0 Å². The predicted octanol–water partition coefficient (Wildman–Crippen LogP) is 0.386. The van der Waals surface area contributed by atoms with Gasteiger partial charge in [-0.25, -0.2) is 4.68 Å². The van der Waals surface area contributed by atoms with Crippen LogP contribution in [-0.4, -0.2) is 38.4 Å². The summed E-state index contributed by atoms with van der Waals surface area (Å²) in [7, 11) is 0. The van der Waals surface area contributed by atoms with E-state index < -0.39 is 0 Å². The van der Waals surface area contributed by atoms with Crippen molar-refractivity contribution in [2.75, 3.05) is 11.9 Å². The zero-order valence-electron chi connectivity index (χ0n) is 12.6. The van der Waals surface area contributed by atoms with Gasteiger partial charge >= 0.3 is 0 Å². The van der Waals surface area contributed by atoms with Crippen molar-refractivity contribution in [3.05, 3.63) is 46.9 Å². The van der Waals surface area contributed by atoms with Gasteiger partial charge in [0.15, 0.2) is 5.65 Å². The molecule has 1 saturated heterocycles. The van der Waals surface area contributed by atoms with Crippen LogP contribution >= 0.6 is 0 Å². The van der Waals surface area contributed by atoms with Crippen LogP contribution in [0, 0.1) is 0 Å². The predicted molar refractivity (Wildman–Crippen MR) is 87.5 cm³/mol. The second-order valence-electron chi connectivity index (χ2n) is 5.61. The van der Waals surface area contributed by atoms with Crippen LogP contribution in [0.4, 0.5) is 5.95 Å². The molecule has 1 fully saturated rings. The summed E-state index contributed by atoms with van der Waals surface area (Å²) in [6.45, 7) is 2.81. The standard InChI is InChI=1S/C15H17N7O/c1-9-12(8-16-21-9)18-15-19-13-11(14(23)20-15)7-17-22(13)10-5-3-2-4-6-10/h2-7,9,12,16,21H,8H2,1H3,(H2,18,19,20,23). The lowest BCUT2D eigenvalue weighted by Crippen LogP contribution is -2.35. The molecule has 23 heavy (non-hydrogen) atoms. The summed E-state index contributed by atoms with van der Waals surface area (Å²) < 4.78 is 1.67. The van der Waals surface area contributed by atoms with Crippen molar-refractivity contribution in [2.45, 2.75) is 19.0 Å². The van der Waals surface area contributed by atoms with E-state index >= 15 is 0 Å². The van der Waals surface area contributed by atoms with E-state index in [1.54, 1.807) is 10.9 Å². The highest BCUT2D eigenvalue weighted by atomic mass is 16.1. The van der Waals surface area contributed by atoms with Gasteiger partial charge < -0.3 is 5.32 Å². The lowest BCUT2D eigenvalue weighted by atomic mass is 10.2. The Labute approximate surface area is 131 Å². The number of anilines is 1. The zero-order chi connectivity index (χ0) is 15.8. The van der Waals surface area contributed by atoms with Crippen LogP contribution in [0.3, 0.4) is 0 Å². The number of hydrogen-bond donors (Lipinski definition) is 4. The average Bonchev–Trinajstić information content (AvgIpc) is 3.15. The number of nitrogens with zero attached hydrogens (tertiary/aromatic N) is 3. The first-order valence-corrected chi connectivity index (χ1v) is 7.51. The third-order valence-corrected chi connectivity index (χ3v) is 4.02. The summed E-state index contributed by atoms with van der Waals surface area (Å²) in [6.07, 6.45) is 1.54. The number of para-hydroxylation sites is 1. The molecule has 1 aliphatic rings. The van der Waals surface area contributed by atoms with Crippen LogP contribution in [0.2, 0.25) is 0 Å². The van der Waals surface area contributed by atoms with Crippen molar-refractivity contribution in [1.82, 2.24) is 30.6 Å². The second-order valence-corrected chi connectivity index (χ2v) is 5.61. The van der Waals surface area contributed by atoms with E-state index in [9.17, 15) is 4.79 Å². The summed E-state index contributed by atoms with van der Waals surface area (Å²) in [5, 5.41) is 8.02. The first-order valence-electron chi connectivity index (χ1n) is 7.51. The third-order valence-electron chi connectivity index (χ3n) is 4.02. The van der Waals surface area contributed by atoms with E-state index in [1.165, 1.54) is 0 Å². The summed E-state index contributed by atoms with van der Waals surface area (Å²) >= 11 is 0. The van der Waals surface area contributed by atoms with E-state index in [0.717, 1.165) is 12.2 Å². The molecule has 0 saturated carbocycles. The molecule has 1 aromatic carbocycles. The fraction of sp³-hybridized carbons (Fsp3) is 0.267. The van der Waals surface area contributed by atoms with Gasteiger partial charge in [0, 0.05) is 12.6 Å². The SMILES string of the molecule is CC1NNCC1Nc1nc2c(cnn2-c2ccccc2)c(=O)[nH]1. The molecule has 8 heteroatoms. The smallest absolute Gasteiger partial charge is 0.263 e. The van der Waals surface area contributed by atoms with Gasteiger partial charge in [0.25, 0.3) is 5.56 Å². The summed E-state index contributed by atoms with van der Waals surface area (Å²) in [6, 6.07) is 10.0. The molecular weight excluding hydrogens is 294 g/mol. The molecule has 0 amide bonds. The molecule has 4 N–H and O–H groups in total. The second kappa shape index (κ2) is 5.49. The van der Waals surface area contributed by atoms with Crippen molar-refractivity contribution in [3.63, 3.8) is 0 Å². The van der Waals surface area contributed by atoms with Crippen LogP contribution in [0.15, 0.2) is 41.3 Å². The maximum Gasteiger partial charge on any atom is 0.263 e. The minimum absolute atomic E-state index is 0.142. The molecule has 1 aliphatic heterocycles. The quantitative estimate of drug-likeness (QED) is 0.558. The highest BCUT2D eigenvalue weighted by Crippen LogP contribution is 2.15. The first-order chi connectivity index (χ1) is 11.2. The van der Waals surface area contributed by atoms with Gasteiger partial charge in [-0.3, -0.25) is 20.6 Å². The van der Waals surface area contributed by atoms with Gasteiger partial charge in [0.05, 0.1) is 17.9 Å². The number of fused-ring (bicyclic) bond motifs is 1. The van der Waals surface area contributed by atoms with Gasteiger partial charge in [-0.05, 0) is 19.1 Å². The number of hydrogen-bond acceptors (Lipinski definition) is 6. The Kier molecular flexibility index (Phi) is 3.32. The van der Waals surface area contributed by atoms with Crippen LogP contribution in [-0.2, 0) is 0 Å². The van der Waals surface area contributed by atoms with E-state index in [1.807, 2.05) is 30.3 Å². The number of H-pyrrole nitrogens is 1. The van der Waals surface area contributed by atoms with Crippen LogP contribution < -0.4 is 21.7 Å². The van der Waals surface area contributed by atoms with Crippen molar-refractivity contribution < 1.29 is 0 Å². The third kappa shape index (κ3) is 2.47. The summed E-state index contributed by atoms with van der Waals surface area (Å²) in [5.41, 5.74) is 7.40. The van der Waals surface area contributed by atoms with Gasteiger partial charge in [-0.2, -0.15) is 10.1 Å². The zero-order valence-corrected chi connectivity index (χ0v) is 12.6. The van der Waals surface area contributed by atoms with Gasteiger partial charge in [0.2, 0.25) is 5.95 Å². The van der Waals surface area contributed by atoms with Crippen LogP contribution in [0.25, 0.3) is 16.7 Å². The highest BCUT2D eigenvalue weighted by Gasteiger charge is 2.23. The lowest BCUT2D eigenvalue weighted by Gasteiger charge is -2.15. The Morgan fingerprint density at radius 3 is 2.87 bits per heavy atom. The molecule has 118 valence electrons. The molecular formula is C15H17N7O. The number of aromatic nitrogens is 4. The maximum absolute atomic E-state index is 12.3. The molecule has 0 radical (unpaired) electrons. The topological polar surface area (TPSA) is 99.7 Å². The van der Waals surface area contributed by atoms with Crippen molar-refractivity contribution in [3.8, 4) is 5.69 Å². The Bertz CT molecular complexity index is 886. The van der Waals surface area contributed by atoms with Gasteiger partial charge in [0.1, 0.15) is 5.39 Å². The Hall–Kier alpha value is -2.71. The Morgan fingerprint density at radius 2 is 2.13 bits per heavy atom. The molecule has 0 aliphatic carbocycles. The molecule has 8 nitrogen and oxygen atoms in total. The largest absolute Gasteiger partial charge is 0.350 e. The molecule has 3 aromatic rings. The summed E-state index contributed by atoms with van der Waals surface area (Å²) in [4.78, 5) is 19.6. The Morgan fingerprint density at radius 1 is 1.30 bits per heavy atom. The fourth-order valence-corrected chi connectivity index (χ4v) is 2.70. The van der Waals surface area contributed by atoms with E-state index in [2.05, 4.69) is 38.2 Å². The van der Waals surface area contributed by atoms with Crippen LogP contribution in [0.1, 0.15) is 6.92 Å². The highest BCUT2D eigenvalue weighted by molar-refractivity contribution is 5.76. The maximum atomic E-state index is 12.3. The molecule has 0 bridgehead atoms. The lowest BCUT2D eigenvalue weighted by molar-refractivity contribution is 0.577. The number of nitrogens with one attached hydrogen (secondary N) is 4. The van der Waals surface area contributed by atoms with Crippen molar-refractivity contribution in [1.29, 1.82) is 0 Å². The van der Waals surface area contributed by atoms with E-state index in [4.69, 9.17) is 0 Å². The van der Waals surface area contributed by atoms with E-state index in [-0.39, 0.29) is 17.6 Å². The summed E-state index contributed by atoms with van der Waals surface area (Å²) in [5.74, 6) is 0.447. The number of benzene rings is 1. The minimum Gasteiger partial charge on any atom is -0.350 e. The van der Waals surface area contributed by atoms with Gasteiger partial charge in [-0.1, -0.05) is 18.2 Å². The molecule has 3 heterocycles. The average molecular weight is 311 g/mol. The monoisotopic (exact) mass is 311 g/mol. The number of aromatic amines is 1. The molecule has 2 atom stereocenters. The van der Waals surface area contributed by atoms with Crippen molar-refractivity contribution >= 4 is 17.0 Å². The Balaban J connectivity index is 1.78. The van der Waals surface area contributed by atoms with Gasteiger partial charge in [-0.15, -0.1) is 0 Å². The van der Waals surface area contributed by atoms with E-state index in [0.29, 0.717) is 17.0 Å². The fourth-order valence-electron chi connectivity index (χ4n) is 2.70. The first kappa shape index (κ1) is 13.9. The molecule has 2 aromatic heterocycles. The molecule has 4 rings (SSSR count). The number of rotatable bonds is 3. The number of hydrazine groups is 1. The minimum atomic E-state index is -0.203. The van der Waals surface area contributed by atoms with Crippen LogP contribution in [0.5, 0.6) is 0 Å². The molecule has 2 unspecified atom stereocenters.